The van der Waals surface area contributed by atoms with Crippen molar-refractivity contribution in [3.8, 4) is 0 Å². The number of carbonyl (C=O) groups is 2. The molecule has 0 amide bonds. The molecule has 0 saturated carbocycles. The fraction of sp³-hybridized carbons (Fsp3) is 0.214. The van der Waals surface area contributed by atoms with Crippen molar-refractivity contribution in [1.29, 1.82) is 0 Å². The van der Waals surface area contributed by atoms with Gasteiger partial charge in [0.1, 0.15) is 5.56 Å². The van der Waals surface area contributed by atoms with Crippen molar-refractivity contribution in [2.45, 2.75) is 13.5 Å². The summed E-state index contributed by atoms with van der Waals surface area (Å²) in [7, 11) is 0. The van der Waals surface area contributed by atoms with Crippen molar-refractivity contribution in [2.24, 2.45) is 0 Å². The smallest absolute Gasteiger partial charge is 0.341 e. The maximum Gasteiger partial charge on any atom is 0.341 e. The Hall–Kier alpha value is -1.95. The summed E-state index contributed by atoms with van der Waals surface area (Å²) in [5.74, 6) is -1.34. The van der Waals surface area contributed by atoms with Crippen LogP contribution in [0.1, 0.15) is 27.6 Å². The number of halogens is 1. The number of rotatable bonds is 4. The number of carboxylic acid groups (broad SMARTS) is 1. The lowest BCUT2D eigenvalue weighted by Gasteiger charge is -2.11. The number of Topliss-reactive ketones (excluding diaryl/α,β-unsaturated/α-hetero) is 1. The first-order chi connectivity index (χ1) is 9.49. The van der Waals surface area contributed by atoms with E-state index in [1.807, 2.05) is 6.92 Å². The molecule has 0 fully saturated rings. The number of aromatic carboxylic acids is 1. The zero-order valence-corrected chi connectivity index (χ0v) is 12.3. The molecule has 104 valence electrons. The van der Waals surface area contributed by atoms with Gasteiger partial charge in [0.05, 0.1) is 10.8 Å². The van der Waals surface area contributed by atoms with Crippen LogP contribution in [-0.4, -0.2) is 26.8 Å². The highest BCUT2D eigenvalue weighted by Gasteiger charge is 2.15. The molecule has 2 rings (SSSR count). The number of ketones is 1. The van der Waals surface area contributed by atoms with E-state index in [1.165, 1.54) is 12.3 Å². The average molecular weight is 338 g/mol. The molecule has 0 aliphatic heterocycles. The third-order valence-corrected chi connectivity index (χ3v) is 3.61. The first-order valence-corrected chi connectivity index (χ1v) is 7.11. The van der Waals surface area contributed by atoms with Crippen LogP contribution in [0.5, 0.6) is 0 Å². The number of nitrogens with zero attached hydrogens (tertiary/aromatic N) is 1. The summed E-state index contributed by atoms with van der Waals surface area (Å²) in [6, 6.07) is 4.67. The minimum Gasteiger partial charge on any atom is -0.477 e. The molecule has 1 aromatic carbocycles. The Balaban J connectivity index is 2.83. The van der Waals surface area contributed by atoms with Gasteiger partial charge in [0, 0.05) is 23.7 Å². The van der Waals surface area contributed by atoms with E-state index in [4.69, 9.17) is 5.11 Å². The maximum absolute atomic E-state index is 12.1. The molecule has 1 N–H and O–H groups in total. The van der Waals surface area contributed by atoms with Crippen LogP contribution in [-0.2, 0) is 6.54 Å². The predicted molar refractivity (Wildman–Crippen MR) is 79.0 cm³/mol. The van der Waals surface area contributed by atoms with E-state index in [0.29, 0.717) is 23.0 Å². The number of carbonyl (C=O) groups excluding carboxylic acids is 1. The lowest BCUT2D eigenvalue weighted by molar-refractivity contribution is 0.0694. The van der Waals surface area contributed by atoms with E-state index in [0.717, 1.165) is 0 Å². The number of aryl methyl sites for hydroxylation is 1. The van der Waals surface area contributed by atoms with Crippen LogP contribution in [0.4, 0.5) is 0 Å². The van der Waals surface area contributed by atoms with Crippen molar-refractivity contribution < 1.29 is 14.7 Å². The van der Waals surface area contributed by atoms with Gasteiger partial charge in [-0.3, -0.25) is 9.59 Å². The molecule has 1 aromatic heterocycles. The Morgan fingerprint density at radius 1 is 1.35 bits per heavy atom. The quantitative estimate of drug-likeness (QED) is 0.686. The topological polar surface area (TPSA) is 76.4 Å². The van der Waals surface area contributed by atoms with Crippen molar-refractivity contribution >= 4 is 38.6 Å². The summed E-state index contributed by atoms with van der Waals surface area (Å²) in [6.45, 7) is 2.34. The molecule has 0 aliphatic rings. The van der Waals surface area contributed by atoms with E-state index in [2.05, 4.69) is 15.9 Å². The van der Waals surface area contributed by atoms with Crippen LogP contribution in [0.3, 0.4) is 0 Å². The Morgan fingerprint density at radius 2 is 2.05 bits per heavy atom. The molecule has 6 heteroatoms. The number of aromatic nitrogens is 1. The lowest BCUT2D eigenvalue weighted by atomic mass is 10.1. The van der Waals surface area contributed by atoms with Gasteiger partial charge in [-0.1, -0.05) is 22.0 Å². The molecule has 0 atom stereocenters. The van der Waals surface area contributed by atoms with Crippen molar-refractivity contribution in [2.75, 3.05) is 5.33 Å². The summed E-state index contributed by atoms with van der Waals surface area (Å²) in [5.41, 5.74) is 0.252. The second kappa shape index (κ2) is 5.58. The van der Waals surface area contributed by atoms with Crippen LogP contribution in [0.15, 0.2) is 29.2 Å². The van der Waals surface area contributed by atoms with Gasteiger partial charge >= 0.3 is 5.97 Å². The standard InChI is InChI=1S/C14H12BrNO4/c1-2-16-7-10(14(19)20)13(18)9-4-3-8(5-11(9)16)12(17)6-15/h3-5,7H,2,6H2,1H3,(H,19,20). The van der Waals surface area contributed by atoms with Crippen LogP contribution < -0.4 is 5.43 Å². The highest BCUT2D eigenvalue weighted by Crippen LogP contribution is 2.16. The number of pyridine rings is 1. The first-order valence-electron chi connectivity index (χ1n) is 5.99. The fourth-order valence-electron chi connectivity index (χ4n) is 2.05. The van der Waals surface area contributed by atoms with Gasteiger partial charge in [0.25, 0.3) is 0 Å². The number of benzene rings is 1. The minimum atomic E-state index is -1.25. The highest BCUT2D eigenvalue weighted by atomic mass is 79.9. The van der Waals surface area contributed by atoms with E-state index < -0.39 is 11.4 Å². The SMILES string of the molecule is CCn1cc(C(=O)O)c(=O)c2ccc(C(=O)CBr)cc21. The van der Waals surface area contributed by atoms with E-state index in [9.17, 15) is 14.4 Å². The second-order valence-corrected chi connectivity index (χ2v) is 4.81. The largest absolute Gasteiger partial charge is 0.477 e. The number of hydrogen-bond acceptors (Lipinski definition) is 3. The minimum absolute atomic E-state index is 0.0932. The molecular weight excluding hydrogens is 326 g/mol. The Kier molecular flexibility index (Phi) is 4.04. The third kappa shape index (κ3) is 2.38. The normalized spacial score (nSPS) is 10.7. The molecule has 20 heavy (non-hydrogen) atoms. The number of hydrogen-bond donors (Lipinski definition) is 1. The van der Waals surface area contributed by atoms with Crippen LogP contribution >= 0.6 is 15.9 Å². The van der Waals surface area contributed by atoms with Crippen molar-refractivity contribution in [3.05, 3.63) is 45.7 Å². The number of carboxylic acids is 1. The summed E-state index contributed by atoms with van der Waals surface area (Å²) < 4.78 is 1.66. The molecule has 0 radical (unpaired) electrons. The lowest BCUT2D eigenvalue weighted by Crippen LogP contribution is -2.19. The van der Waals surface area contributed by atoms with E-state index in [1.54, 1.807) is 16.7 Å². The number of fused-ring (bicyclic) bond motifs is 1. The number of alkyl halides is 1. The Morgan fingerprint density at radius 3 is 2.60 bits per heavy atom. The molecule has 5 nitrogen and oxygen atoms in total. The van der Waals surface area contributed by atoms with Gasteiger partial charge in [-0.05, 0) is 19.1 Å². The molecule has 0 aliphatic carbocycles. The van der Waals surface area contributed by atoms with Crippen LogP contribution in [0, 0.1) is 0 Å². The second-order valence-electron chi connectivity index (χ2n) is 4.25. The first kappa shape index (κ1) is 14.5. The van der Waals surface area contributed by atoms with Gasteiger partial charge in [-0.25, -0.2) is 4.79 Å². The van der Waals surface area contributed by atoms with Crippen molar-refractivity contribution in [1.82, 2.24) is 4.57 Å². The summed E-state index contributed by atoms with van der Waals surface area (Å²) in [5, 5.41) is 9.55. The zero-order chi connectivity index (χ0) is 14.9. The molecule has 0 unspecified atom stereocenters. The van der Waals surface area contributed by atoms with Crippen LogP contribution in [0.25, 0.3) is 10.9 Å². The third-order valence-electron chi connectivity index (χ3n) is 3.10. The van der Waals surface area contributed by atoms with E-state index >= 15 is 0 Å². The predicted octanol–water partition coefficient (Wildman–Crippen LogP) is 2.30. The highest BCUT2D eigenvalue weighted by molar-refractivity contribution is 9.09. The Bertz CT molecular complexity index is 764. The molecule has 0 spiro atoms. The summed E-state index contributed by atoms with van der Waals surface area (Å²) >= 11 is 3.10. The molecule has 0 saturated heterocycles. The monoisotopic (exact) mass is 337 g/mol. The summed E-state index contributed by atoms with van der Waals surface area (Å²) in [4.78, 5) is 34.9. The van der Waals surface area contributed by atoms with Gasteiger partial charge in [0.15, 0.2) is 5.78 Å². The van der Waals surface area contributed by atoms with Crippen molar-refractivity contribution in [3.63, 3.8) is 0 Å². The molecular formula is C14H12BrNO4. The Labute approximate surface area is 123 Å². The molecule has 1 heterocycles. The maximum atomic E-state index is 12.1. The van der Waals surface area contributed by atoms with Gasteiger partial charge in [0.2, 0.25) is 5.43 Å². The van der Waals surface area contributed by atoms with Gasteiger partial charge in [-0.15, -0.1) is 0 Å². The zero-order valence-electron chi connectivity index (χ0n) is 10.7. The average Bonchev–Trinajstić information content (AvgIpc) is 2.46. The fourth-order valence-corrected chi connectivity index (χ4v) is 2.38. The summed E-state index contributed by atoms with van der Waals surface area (Å²) in [6.07, 6.45) is 1.31. The van der Waals surface area contributed by atoms with E-state index in [-0.39, 0.29) is 16.7 Å². The van der Waals surface area contributed by atoms with Crippen LogP contribution in [0.2, 0.25) is 0 Å². The van der Waals surface area contributed by atoms with Gasteiger partial charge in [-0.2, -0.15) is 0 Å². The van der Waals surface area contributed by atoms with Gasteiger partial charge < -0.3 is 9.67 Å². The molecule has 0 bridgehead atoms. The molecule has 2 aromatic rings.